The van der Waals surface area contributed by atoms with Crippen molar-refractivity contribution < 1.29 is 9.90 Å². The predicted molar refractivity (Wildman–Crippen MR) is 69.1 cm³/mol. The Morgan fingerprint density at radius 3 is 2.88 bits per heavy atom. The number of hydrogen-bond acceptors (Lipinski definition) is 3. The van der Waals surface area contributed by atoms with Gasteiger partial charge < -0.3 is 5.11 Å². The van der Waals surface area contributed by atoms with Crippen LogP contribution in [0.2, 0.25) is 0 Å². The van der Waals surface area contributed by atoms with Crippen molar-refractivity contribution in [2.24, 2.45) is 5.92 Å². The van der Waals surface area contributed by atoms with Gasteiger partial charge in [0.25, 0.3) is 0 Å². The fourth-order valence-corrected chi connectivity index (χ4v) is 2.29. The third-order valence-corrected chi connectivity index (χ3v) is 3.56. The molecule has 1 unspecified atom stereocenters. The van der Waals surface area contributed by atoms with Crippen LogP contribution in [0.5, 0.6) is 0 Å². The summed E-state index contributed by atoms with van der Waals surface area (Å²) in [5.74, 6) is 1.75. The van der Waals surface area contributed by atoms with E-state index in [0.717, 1.165) is 16.9 Å². The van der Waals surface area contributed by atoms with Crippen molar-refractivity contribution in [3.8, 4) is 0 Å². The first-order valence-electron chi connectivity index (χ1n) is 5.42. The maximum absolute atomic E-state index is 11.8. The minimum absolute atomic E-state index is 0.166. The lowest BCUT2D eigenvalue weighted by Gasteiger charge is -2.06. The first kappa shape index (κ1) is 13.3. The van der Waals surface area contributed by atoms with Crippen LogP contribution in [0.15, 0.2) is 24.3 Å². The summed E-state index contributed by atoms with van der Waals surface area (Å²) in [5, 5.41) is 8.86. The van der Waals surface area contributed by atoms with E-state index in [-0.39, 0.29) is 18.3 Å². The van der Waals surface area contributed by atoms with Crippen LogP contribution in [0.25, 0.3) is 0 Å². The van der Waals surface area contributed by atoms with Crippen LogP contribution in [0, 0.1) is 12.8 Å². The van der Waals surface area contributed by atoms with Crippen LogP contribution in [-0.2, 0) is 0 Å². The Bertz CT molecular complexity index is 350. The van der Waals surface area contributed by atoms with Gasteiger partial charge in [-0.05, 0) is 24.7 Å². The summed E-state index contributed by atoms with van der Waals surface area (Å²) in [6, 6.07) is 7.66. The van der Waals surface area contributed by atoms with E-state index in [1.807, 2.05) is 38.1 Å². The smallest absolute Gasteiger partial charge is 0.172 e. The quantitative estimate of drug-likeness (QED) is 0.774. The Balaban J connectivity index is 2.41. The monoisotopic (exact) mass is 238 g/mol. The topological polar surface area (TPSA) is 37.3 Å². The van der Waals surface area contributed by atoms with Crippen molar-refractivity contribution >= 4 is 17.5 Å². The van der Waals surface area contributed by atoms with Gasteiger partial charge in [0.2, 0.25) is 0 Å². The van der Waals surface area contributed by atoms with Gasteiger partial charge in [-0.2, -0.15) is 11.8 Å². The second-order valence-corrected chi connectivity index (χ2v) is 5.13. The number of carbonyl (C=O) groups excluding carboxylic acids is 1. The Kier molecular flexibility index (Phi) is 5.56. The Labute approximate surface area is 101 Å². The van der Waals surface area contributed by atoms with Crippen LogP contribution in [-0.4, -0.2) is 29.0 Å². The van der Waals surface area contributed by atoms with E-state index in [9.17, 15) is 4.79 Å². The molecule has 0 aliphatic carbocycles. The van der Waals surface area contributed by atoms with Gasteiger partial charge in [0.1, 0.15) is 0 Å². The van der Waals surface area contributed by atoms with Crippen molar-refractivity contribution in [2.75, 3.05) is 18.1 Å². The van der Waals surface area contributed by atoms with Crippen molar-refractivity contribution in [1.29, 1.82) is 0 Å². The molecule has 3 heteroatoms. The third kappa shape index (κ3) is 4.37. The molecule has 1 aromatic rings. The lowest BCUT2D eigenvalue weighted by atomic mass is 10.1. The minimum atomic E-state index is 0.166. The van der Waals surface area contributed by atoms with Crippen LogP contribution in [0.4, 0.5) is 0 Å². The summed E-state index contributed by atoms with van der Waals surface area (Å²) in [6.45, 7) is 4.15. The number of Topliss-reactive ketones (excluding diaryl/α,β-unsaturated/α-hetero) is 1. The van der Waals surface area contributed by atoms with Crippen LogP contribution >= 0.6 is 11.8 Å². The van der Waals surface area contributed by atoms with Gasteiger partial charge in [-0.1, -0.05) is 30.7 Å². The maximum atomic E-state index is 11.8. The number of carbonyl (C=O) groups is 1. The lowest BCUT2D eigenvalue weighted by Crippen LogP contribution is -2.08. The Hall–Kier alpha value is -0.800. The van der Waals surface area contributed by atoms with Gasteiger partial charge in [0.15, 0.2) is 5.78 Å². The van der Waals surface area contributed by atoms with Gasteiger partial charge in [-0.3, -0.25) is 4.79 Å². The number of aliphatic hydroxyl groups is 1. The highest BCUT2D eigenvalue weighted by atomic mass is 32.2. The fraction of sp³-hybridized carbons (Fsp3) is 0.462. The first-order chi connectivity index (χ1) is 7.63. The van der Waals surface area contributed by atoms with E-state index >= 15 is 0 Å². The number of benzene rings is 1. The van der Waals surface area contributed by atoms with Crippen molar-refractivity contribution in [1.82, 2.24) is 0 Å². The minimum Gasteiger partial charge on any atom is -0.396 e. The number of aryl methyl sites for hydroxylation is 1. The predicted octanol–water partition coefficient (Wildman–Crippen LogP) is 2.54. The maximum Gasteiger partial charge on any atom is 0.172 e. The second-order valence-electron chi connectivity index (χ2n) is 4.10. The molecule has 1 atom stereocenters. The zero-order valence-electron chi connectivity index (χ0n) is 9.77. The summed E-state index contributed by atoms with van der Waals surface area (Å²) in [7, 11) is 0. The molecule has 0 radical (unpaired) electrons. The molecular weight excluding hydrogens is 220 g/mol. The number of rotatable bonds is 6. The largest absolute Gasteiger partial charge is 0.396 e. The lowest BCUT2D eigenvalue weighted by molar-refractivity contribution is 0.102. The third-order valence-electron chi connectivity index (χ3n) is 2.29. The molecule has 0 bridgehead atoms. The van der Waals surface area contributed by atoms with Crippen LogP contribution < -0.4 is 0 Å². The molecule has 0 aromatic heterocycles. The molecule has 1 N–H and O–H groups in total. The number of ketones is 1. The summed E-state index contributed by atoms with van der Waals surface area (Å²) >= 11 is 1.59. The molecule has 0 amide bonds. The van der Waals surface area contributed by atoms with E-state index in [1.165, 1.54) is 0 Å². The normalized spacial score (nSPS) is 12.4. The van der Waals surface area contributed by atoms with E-state index < -0.39 is 0 Å². The summed E-state index contributed by atoms with van der Waals surface area (Å²) in [6.07, 6.45) is 0. The number of thioether (sulfide) groups is 1. The van der Waals surface area contributed by atoms with Gasteiger partial charge >= 0.3 is 0 Å². The molecular formula is C13H18O2S. The molecule has 0 spiro atoms. The zero-order valence-corrected chi connectivity index (χ0v) is 10.6. The van der Waals surface area contributed by atoms with E-state index in [2.05, 4.69) is 0 Å². The highest BCUT2D eigenvalue weighted by Gasteiger charge is 2.07. The molecule has 0 heterocycles. The first-order valence-corrected chi connectivity index (χ1v) is 6.57. The molecule has 0 saturated heterocycles. The molecule has 1 rings (SSSR count). The van der Waals surface area contributed by atoms with E-state index in [1.54, 1.807) is 11.8 Å². The average Bonchev–Trinajstić information content (AvgIpc) is 2.28. The van der Waals surface area contributed by atoms with E-state index in [0.29, 0.717) is 5.75 Å². The highest BCUT2D eigenvalue weighted by Crippen LogP contribution is 2.12. The van der Waals surface area contributed by atoms with Crippen molar-refractivity contribution in [2.45, 2.75) is 13.8 Å². The van der Waals surface area contributed by atoms with Gasteiger partial charge in [0, 0.05) is 12.2 Å². The van der Waals surface area contributed by atoms with E-state index in [4.69, 9.17) is 5.11 Å². The molecule has 0 aliphatic heterocycles. The van der Waals surface area contributed by atoms with Gasteiger partial charge in [0.05, 0.1) is 5.75 Å². The average molecular weight is 238 g/mol. The van der Waals surface area contributed by atoms with Crippen molar-refractivity contribution in [3.63, 3.8) is 0 Å². The molecule has 16 heavy (non-hydrogen) atoms. The van der Waals surface area contributed by atoms with Crippen molar-refractivity contribution in [3.05, 3.63) is 35.4 Å². The Morgan fingerprint density at radius 2 is 2.25 bits per heavy atom. The van der Waals surface area contributed by atoms with Gasteiger partial charge in [-0.15, -0.1) is 0 Å². The SMILES string of the molecule is Cc1cccc(C(=O)CSCC(C)CO)c1. The van der Waals surface area contributed by atoms with Crippen LogP contribution in [0.1, 0.15) is 22.8 Å². The Morgan fingerprint density at radius 1 is 1.50 bits per heavy atom. The number of aliphatic hydroxyl groups excluding tert-OH is 1. The zero-order chi connectivity index (χ0) is 12.0. The molecule has 0 aliphatic rings. The summed E-state index contributed by atoms with van der Waals surface area (Å²) < 4.78 is 0. The molecule has 0 fully saturated rings. The summed E-state index contributed by atoms with van der Waals surface area (Å²) in [5.41, 5.74) is 1.89. The van der Waals surface area contributed by atoms with Gasteiger partial charge in [-0.25, -0.2) is 0 Å². The second kappa shape index (κ2) is 6.71. The fourth-order valence-electron chi connectivity index (χ4n) is 1.31. The van der Waals surface area contributed by atoms with Crippen LogP contribution in [0.3, 0.4) is 0 Å². The standard InChI is InChI=1S/C13H18O2S/c1-10-4-3-5-12(6-10)13(15)9-16-8-11(2)7-14/h3-6,11,14H,7-9H2,1-2H3. The molecule has 1 aromatic carbocycles. The molecule has 2 nitrogen and oxygen atoms in total. The molecule has 88 valence electrons. The highest BCUT2D eigenvalue weighted by molar-refractivity contribution is 7.99. The number of hydrogen-bond donors (Lipinski definition) is 1. The summed E-state index contributed by atoms with van der Waals surface area (Å²) in [4.78, 5) is 11.8. The molecule has 0 saturated carbocycles.